The van der Waals surface area contributed by atoms with Crippen LogP contribution in [0.25, 0.3) is 0 Å². The van der Waals surface area contributed by atoms with Gasteiger partial charge in [-0.1, -0.05) is 46.3 Å². The number of alkyl halides is 1. The molecule has 2 nitrogen and oxygen atoms in total. The van der Waals surface area contributed by atoms with Gasteiger partial charge in [-0.25, -0.2) is 0 Å². The van der Waals surface area contributed by atoms with Gasteiger partial charge in [0.25, 0.3) is 0 Å². The Hall–Kier alpha value is -1.48. The van der Waals surface area contributed by atoms with Crippen molar-refractivity contribution in [1.29, 1.82) is 0 Å². The van der Waals surface area contributed by atoms with Crippen molar-refractivity contribution in [2.24, 2.45) is 0 Å². The van der Waals surface area contributed by atoms with E-state index in [1.165, 1.54) is 16.7 Å². The van der Waals surface area contributed by atoms with Crippen molar-refractivity contribution >= 4 is 15.9 Å². The average molecular weight is 335 g/mol. The van der Waals surface area contributed by atoms with E-state index in [4.69, 9.17) is 9.47 Å². The predicted octanol–water partition coefficient (Wildman–Crippen LogP) is 4.66. The van der Waals surface area contributed by atoms with Crippen LogP contribution in [0.1, 0.15) is 16.7 Å². The average Bonchev–Trinajstić information content (AvgIpc) is 2.46. The summed E-state index contributed by atoms with van der Waals surface area (Å²) in [4.78, 5) is 0. The van der Waals surface area contributed by atoms with Gasteiger partial charge in [0, 0.05) is 5.33 Å². The second-order valence-corrected chi connectivity index (χ2v) is 5.26. The van der Waals surface area contributed by atoms with E-state index in [9.17, 15) is 0 Å². The summed E-state index contributed by atoms with van der Waals surface area (Å²) in [7, 11) is 0. The molecule has 0 radical (unpaired) electrons. The minimum Gasteiger partial charge on any atom is -0.490 e. The highest BCUT2D eigenvalue weighted by Crippen LogP contribution is 2.25. The highest BCUT2D eigenvalue weighted by Gasteiger charge is 2.06. The van der Waals surface area contributed by atoms with E-state index in [-0.39, 0.29) is 0 Å². The quantitative estimate of drug-likeness (QED) is 0.565. The Balaban J connectivity index is 1.88. The molecule has 0 aliphatic carbocycles. The van der Waals surface area contributed by atoms with E-state index in [0.717, 1.165) is 16.8 Å². The highest BCUT2D eigenvalue weighted by molar-refractivity contribution is 9.08. The van der Waals surface area contributed by atoms with Crippen LogP contribution >= 0.6 is 15.9 Å². The maximum Gasteiger partial charge on any atom is 0.125 e. The second kappa shape index (κ2) is 7.34. The molecule has 0 aliphatic rings. The van der Waals surface area contributed by atoms with Crippen molar-refractivity contribution in [2.75, 3.05) is 13.2 Å². The molecule has 0 aromatic heterocycles. The van der Waals surface area contributed by atoms with E-state index in [2.05, 4.69) is 41.9 Å². The van der Waals surface area contributed by atoms with E-state index in [0.29, 0.717) is 13.2 Å². The zero-order valence-electron chi connectivity index (χ0n) is 11.9. The summed E-state index contributed by atoms with van der Waals surface area (Å²) < 4.78 is 11.5. The molecular formula is C17H19BrO2. The molecule has 0 N–H and O–H groups in total. The standard InChI is InChI=1S/C17H19BrO2/c1-13-10-15(12-18)11-14(2)17(13)20-9-8-19-16-6-4-3-5-7-16/h3-7,10-11H,8-9,12H2,1-2H3. The van der Waals surface area contributed by atoms with Crippen LogP contribution in [0.3, 0.4) is 0 Å². The fourth-order valence-corrected chi connectivity index (χ4v) is 2.49. The van der Waals surface area contributed by atoms with Gasteiger partial charge in [-0.15, -0.1) is 0 Å². The molecule has 0 saturated heterocycles. The van der Waals surface area contributed by atoms with Crippen LogP contribution in [-0.4, -0.2) is 13.2 Å². The van der Waals surface area contributed by atoms with Crippen LogP contribution in [-0.2, 0) is 5.33 Å². The van der Waals surface area contributed by atoms with E-state index in [1.807, 2.05) is 30.3 Å². The third kappa shape index (κ3) is 4.01. The summed E-state index contributed by atoms with van der Waals surface area (Å²) >= 11 is 3.48. The Kier molecular flexibility index (Phi) is 5.48. The number of halogens is 1. The van der Waals surface area contributed by atoms with Gasteiger partial charge in [0.05, 0.1) is 0 Å². The molecule has 0 fully saturated rings. The van der Waals surface area contributed by atoms with Gasteiger partial charge in [-0.2, -0.15) is 0 Å². The monoisotopic (exact) mass is 334 g/mol. The number of rotatable bonds is 6. The lowest BCUT2D eigenvalue weighted by atomic mass is 10.1. The zero-order chi connectivity index (χ0) is 14.4. The molecule has 3 heteroatoms. The molecule has 0 spiro atoms. The van der Waals surface area contributed by atoms with Crippen LogP contribution in [0, 0.1) is 13.8 Å². The number of hydrogen-bond acceptors (Lipinski definition) is 2. The van der Waals surface area contributed by atoms with Crippen molar-refractivity contribution in [3.63, 3.8) is 0 Å². The van der Waals surface area contributed by atoms with Crippen LogP contribution in [0.4, 0.5) is 0 Å². The van der Waals surface area contributed by atoms with E-state index >= 15 is 0 Å². The number of ether oxygens (including phenoxy) is 2. The fraction of sp³-hybridized carbons (Fsp3) is 0.294. The van der Waals surface area contributed by atoms with Gasteiger partial charge in [-0.05, 0) is 42.7 Å². The van der Waals surface area contributed by atoms with Crippen LogP contribution in [0.15, 0.2) is 42.5 Å². The highest BCUT2D eigenvalue weighted by atomic mass is 79.9. The third-order valence-electron chi connectivity index (χ3n) is 3.02. The Morgan fingerprint density at radius 3 is 2.10 bits per heavy atom. The summed E-state index contributed by atoms with van der Waals surface area (Å²) in [6.45, 7) is 5.24. The van der Waals surface area contributed by atoms with Crippen LogP contribution < -0.4 is 9.47 Å². The van der Waals surface area contributed by atoms with Gasteiger partial charge in [0.15, 0.2) is 0 Å². The summed E-state index contributed by atoms with van der Waals surface area (Å²) in [5, 5.41) is 0.867. The fourth-order valence-electron chi connectivity index (χ4n) is 2.16. The first kappa shape index (κ1) is 14.9. The maximum atomic E-state index is 5.85. The molecule has 0 aliphatic heterocycles. The Labute approximate surface area is 128 Å². The second-order valence-electron chi connectivity index (χ2n) is 4.70. The molecule has 0 atom stereocenters. The summed E-state index contributed by atoms with van der Waals surface area (Å²) in [6, 6.07) is 14.1. The van der Waals surface area contributed by atoms with Crippen molar-refractivity contribution in [1.82, 2.24) is 0 Å². The molecule has 2 aromatic carbocycles. The van der Waals surface area contributed by atoms with Crippen molar-refractivity contribution < 1.29 is 9.47 Å². The van der Waals surface area contributed by atoms with Crippen molar-refractivity contribution in [3.05, 3.63) is 59.2 Å². The first-order valence-corrected chi connectivity index (χ1v) is 7.79. The van der Waals surface area contributed by atoms with Gasteiger partial charge in [0.1, 0.15) is 24.7 Å². The van der Waals surface area contributed by atoms with Crippen LogP contribution in [0.5, 0.6) is 11.5 Å². The van der Waals surface area contributed by atoms with Crippen LogP contribution in [0.2, 0.25) is 0 Å². The summed E-state index contributed by atoms with van der Waals surface area (Å²) in [5.41, 5.74) is 3.60. The van der Waals surface area contributed by atoms with Gasteiger partial charge in [0.2, 0.25) is 0 Å². The molecule has 106 valence electrons. The SMILES string of the molecule is Cc1cc(CBr)cc(C)c1OCCOc1ccccc1. The smallest absolute Gasteiger partial charge is 0.125 e. The molecule has 0 amide bonds. The summed E-state index contributed by atoms with van der Waals surface area (Å²) in [6.07, 6.45) is 0. The summed E-state index contributed by atoms with van der Waals surface area (Å²) in [5.74, 6) is 1.84. The Morgan fingerprint density at radius 1 is 0.900 bits per heavy atom. The lowest BCUT2D eigenvalue weighted by molar-refractivity contribution is 0.215. The van der Waals surface area contributed by atoms with Crippen molar-refractivity contribution in [2.45, 2.75) is 19.2 Å². The normalized spacial score (nSPS) is 10.3. The Bertz CT molecular complexity index is 529. The molecule has 0 heterocycles. The number of aryl methyl sites for hydroxylation is 2. The topological polar surface area (TPSA) is 18.5 Å². The predicted molar refractivity (Wildman–Crippen MR) is 86.0 cm³/mol. The number of benzene rings is 2. The number of hydrogen-bond donors (Lipinski definition) is 0. The van der Waals surface area contributed by atoms with Crippen molar-refractivity contribution in [3.8, 4) is 11.5 Å². The largest absolute Gasteiger partial charge is 0.490 e. The van der Waals surface area contributed by atoms with E-state index < -0.39 is 0 Å². The minimum atomic E-state index is 0.545. The zero-order valence-corrected chi connectivity index (χ0v) is 13.4. The maximum absolute atomic E-state index is 5.85. The molecule has 0 saturated carbocycles. The molecule has 0 unspecified atom stereocenters. The first-order valence-electron chi connectivity index (χ1n) is 6.67. The molecule has 2 rings (SSSR count). The van der Waals surface area contributed by atoms with Gasteiger partial charge < -0.3 is 9.47 Å². The van der Waals surface area contributed by atoms with Gasteiger partial charge in [-0.3, -0.25) is 0 Å². The minimum absolute atomic E-state index is 0.545. The molecule has 2 aromatic rings. The molecule has 20 heavy (non-hydrogen) atoms. The Morgan fingerprint density at radius 2 is 1.50 bits per heavy atom. The number of para-hydroxylation sites is 1. The first-order chi connectivity index (χ1) is 9.70. The van der Waals surface area contributed by atoms with E-state index in [1.54, 1.807) is 0 Å². The lowest BCUT2D eigenvalue weighted by Crippen LogP contribution is -2.10. The molecular weight excluding hydrogens is 316 g/mol. The lowest BCUT2D eigenvalue weighted by Gasteiger charge is -2.14. The van der Waals surface area contributed by atoms with Gasteiger partial charge >= 0.3 is 0 Å². The molecule has 0 bridgehead atoms. The third-order valence-corrected chi connectivity index (χ3v) is 3.66.